The van der Waals surface area contributed by atoms with Crippen LogP contribution in [0, 0.1) is 11.7 Å². The van der Waals surface area contributed by atoms with Crippen LogP contribution in [0.3, 0.4) is 0 Å². The Morgan fingerprint density at radius 1 is 1.45 bits per heavy atom. The molecule has 1 fully saturated rings. The molecule has 1 aromatic carbocycles. The summed E-state index contributed by atoms with van der Waals surface area (Å²) in [6.45, 7) is 2.27. The first-order valence-corrected chi connectivity index (χ1v) is 7.58. The largest absolute Gasteiger partial charge is 0.378 e. The first kappa shape index (κ1) is 14.9. The molecule has 20 heavy (non-hydrogen) atoms. The van der Waals surface area contributed by atoms with Crippen LogP contribution in [0.15, 0.2) is 23.1 Å². The number of benzene rings is 1. The quantitative estimate of drug-likeness (QED) is 0.864. The van der Waals surface area contributed by atoms with E-state index in [1.165, 1.54) is 0 Å². The summed E-state index contributed by atoms with van der Waals surface area (Å²) in [5, 5.41) is 7.43. The Hall–Kier alpha value is -1.51. The van der Waals surface area contributed by atoms with Gasteiger partial charge < -0.3 is 10.1 Å². The second-order valence-electron chi connectivity index (χ2n) is 4.68. The van der Waals surface area contributed by atoms with E-state index in [2.05, 4.69) is 5.32 Å². The molecule has 0 aromatic heterocycles. The molecule has 1 heterocycles. The predicted octanol–water partition coefficient (Wildman–Crippen LogP) is 0.837. The maximum absolute atomic E-state index is 13.4. The lowest BCUT2D eigenvalue weighted by molar-refractivity contribution is -0.121. The van der Waals surface area contributed by atoms with Crippen LogP contribution in [0.5, 0.6) is 0 Å². The summed E-state index contributed by atoms with van der Waals surface area (Å²) in [4.78, 5) is 11.6. The maximum Gasteiger partial charge on any atom is 0.238 e. The maximum atomic E-state index is 13.4. The first-order chi connectivity index (χ1) is 9.27. The van der Waals surface area contributed by atoms with Crippen molar-refractivity contribution in [1.82, 2.24) is 0 Å². The molecule has 0 bridgehead atoms. The molecule has 1 amide bonds. The summed E-state index contributed by atoms with van der Waals surface area (Å²) in [5.74, 6) is -1.46. The molecule has 2 unspecified atom stereocenters. The van der Waals surface area contributed by atoms with Gasteiger partial charge in [0, 0.05) is 12.3 Å². The Morgan fingerprint density at radius 2 is 2.15 bits per heavy atom. The smallest absolute Gasteiger partial charge is 0.238 e. The Kier molecular flexibility index (Phi) is 4.07. The molecule has 0 saturated carbocycles. The van der Waals surface area contributed by atoms with Crippen molar-refractivity contribution in [2.24, 2.45) is 11.1 Å². The summed E-state index contributed by atoms with van der Waals surface area (Å²) >= 11 is 0. The van der Waals surface area contributed by atoms with Crippen LogP contribution in [0.2, 0.25) is 0 Å². The van der Waals surface area contributed by atoms with Crippen LogP contribution < -0.4 is 10.5 Å². The van der Waals surface area contributed by atoms with E-state index in [1.807, 2.05) is 0 Å². The fourth-order valence-electron chi connectivity index (χ4n) is 2.11. The van der Waals surface area contributed by atoms with Gasteiger partial charge in [-0.25, -0.2) is 17.9 Å². The fourth-order valence-corrected chi connectivity index (χ4v) is 2.68. The number of hydrogen-bond donors (Lipinski definition) is 2. The van der Waals surface area contributed by atoms with E-state index in [9.17, 15) is 17.6 Å². The number of ether oxygens (including phenoxy) is 1. The number of halogens is 1. The lowest BCUT2D eigenvalue weighted by Gasteiger charge is -2.14. The number of nitrogens with one attached hydrogen (secondary N) is 1. The number of hydrogen-bond acceptors (Lipinski definition) is 4. The van der Waals surface area contributed by atoms with Crippen LogP contribution >= 0.6 is 0 Å². The van der Waals surface area contributed by atoms with Crippen molar-refractivity contribution < 1.29 is 22.3 Å². The summed E-state index contributed by atoms with van der Waals surface area (Å²) in [5.41, 5.74) is 0.0538. The minimum absolute atomic E-state index is 0.0538. The molecule has 0 spiro atoms. The van der Waals surface area contributed by atoms with Crippen molar-refractivity contribution in [3.05, 3.63) is 24.0 Å². The van der Waals surface area contributed by atoms with Crippen LogP contribution in [0.25, 0.3) is 0 Å². The topological polar surface area (TPSA) is 98.5 Å². The normalized spacial score (nSPS) is 22.8. The Bertz CT molecular complexity index is 632. The van der Waals surface area contributed by atoms with Crippen LogP contribution in [0.1, 0.15) is 13.3 Å². The Morgan fingerprint density at radius 3 is 2.70 bits per heavy atom. The molecule has 1 aromatic rings. The first-order valence-electron chi connectivity index (χ1n) is 6.03. The van der Waals surface area contributed by atoms with E-state index in [4.69, 9.17) is 9.88 Å². The lowest BCUT2D eigenvalue weighted by atomic mass is 10.0. The third-order valence-corrected chi connectivity index (χ3v) is 4.07. The molecule has 0 radical (unpaired) electrons. The molecule has 3 N–H and O–H groups in total. The summed E-state index contributed by atoms with van der Waals surface area (Å²) in [6, 6.07) is 2.95. The van der Waals surface area contributed by atoms with Crippen molar-refractivity contribution in [1.29, 1.82) is 0 Å². The molecule has 1 saturated heterocycles. The SMILES string of the molecule is CC1OCCC1C(=O)Nc1cc(F)cc(S(N)(=O)=O)c1. The lowest BCUT2D eigenvalue weighted by Crippen LogP contribution is -2.28. The van der Waals surface area contributed by atoms with Crippen molar-refractivity contribution in [2.45, 2.75) is 24.3 Å². The highest BCUT2D eigenvalue weighted by Gasteiger charge is 2.30. The molecule has 8 heteroatoms. The van der Waals surface area contributed by atoms with Crippen molar-refractivity contribution >= 4 is 21.6 Å². The van der Waals surface area contributed by atoms with Crippen molar-refractivity contribution in [3.63, 3.8) is 0 Å². The second kappa shape index (κ2) is 5.47. The Labute approximate surface area is 116 Å². The highest BCUT2D eigenvalue weighted by molar-refractivity contribution is 7.89. The van der Waals surface area contributed by atoms with E-state index in [0.29, 0.717) is 13.0 Å². The molecule has 1 aliphatic heterocycles. The zero-order valence-corrected chi connectivity index (χ0v) is 11.6. The van der Waals surface area contributed by atoms with Gasteiger partial charge >= 0.3 is 0 Å². The number of nitrogens with two attached hydrogens (primary N) is 1. The third-order valence-electron chi connectivity index (χ3n) is 3.18. The molecule has 2 atom stereocenters. The van der Waals surface area contributed by atoms with Crippen LogP contribution in [0.4, 0.5) is 10.1 Å². The number of carbonyl (C=O) groups excluding carboxylic acids is 1. The van der Waals surface area contributed by atoms with Gasteiger partial charge in [0.25, 0.3) is 0 Å². The molecular formula is C12H15FN2O4S. The van der Waals surface area contributed by atoms with Gasteiger partial charge in [-0.3, -0.25) is 4.79 Å². The number of carbonyl (C=O) groups is 1. The van der Waals surface area contributed by atoms with E-state index < -0.39 is 15.8 Å². The Balaban J connectivity index is 2.21. The molecule has 1 aliphatic rings. The number of amides is 1. The van der Waals surface area contributed by atoms with Gasteiger partial charge in [-0.05, 0) is 31.5 Å². The van der Waals surface area contributed by atoms with Crippen LogP contribution in [-0.4, -0.2) is 27.0 Å². The van der Waals surface area contributed by atoms with Gasteiger partial charge in [-0.1, -0.05) is 0 Å². The number of sulfonamides is 1. The average Bonchev–Trinajstić information content (AvgIpc) is 2.73. The zero-order valence-electron chi connectivity index (χ0n) is 10.8. The van der Waals surface area contributed by atoms with Crippen molar-refractivity contribution in [2.75, 3.05) is 11.9 Å². The minimum atomic E-state index is -4.03. The number of rotatable bonds is 3. The predicted molar refractivity (Wildman–Crippen MR) is 69.9 cm³/mol. The monoisotopic (exact) mass is 302 g/mol. The van der Waals surface area contributed by atoms with Gasteiger partial charge in [0.2, 0.25) is 15.9 Å². The fraction of sp³-hybridized carbons (Fsp3) is 0.417. The summed E-state index contributed by atoms with van der Waals surface area (Å²) in [7, 11) is -4.03. The standard InChI is InChI=1S/C12H15FN2O4S/c1-7-11(2-3-19-7)12(16)15-9-4-8(13)5-10(6-9)20(14,17)18/h4-7,11H,2-3H2,1H3,(H,15,16)(H2,14,17,18). The van der Waals surface area contributed by atoms with Crippen LogP contribution in [-0.2, 0) is 19.6 Å². The van der Waals surface area contributed by atoms with Gasteiger partial charge in [0.1, 0.15) is 5.82 Å². The molecular weight excluding hydrogens is 287 g/mol. The van der Waals surface area contributed by atoms with Gasteiger partial charge in [-0.15, -0.1) is 0 Å². The average molecular weight is 302 g/mol. The summed E-state index contributed by atoms with van der Waals surface area (Å²) in [6.07, 6.45) is 0.353. The minimum Gasteiger partial charge on any atom is -0.378 e. The highest BCUT2D eigenvalue weighted by Crippen LogP contribution is 2.23. The highest BCUT2D eigenvalue weighted by atomic mass is 32.2. The molecule has 110 valence electrons. The van der Waals surface area contributed by atoms with E-state index >= 15 is 0 Å². The molecule has 0 aliphatic carbocycles. The van der Waals surface area contributed by atoms with Crippen molar-refractivity contribution in [3.8, 4) is 0 Å². The van der Waals surface area contributed by atoms with Gasteiger partial charge in [0.05, 0.1) is 16.9 Å². The van der Waals surface area contributed by atoms with E-state index in [1.54, 1.807) is 6.92 Å². The van der Waals surface area contributed by atoms with E-state index in [0.717, 1.165) is 18.2 Å². The number of primary sulfonamides is 1. The van der Waals surface area contributed by atoms with Gasteiger partial charge in [0.15, 0.2) is 0 Å². The van der Waals surface area contributed by atoms with Gasteiger partial charge in [-0.2, -0.15) is 0 Å². The third kappa shape index (κ3) is 3.33. The summed E-state index contributed by atoms with van der Waals surface area (Å²) < 4.78 is 41.1. The second-order valence-corrected chi connectivity index (χ2v) is 6.24. The molecule has 6 nitrogen and oxygen atoms in total. The van der Waals surface area contributed by atoms with E-state index in [-0.39, 0.29) is 28.5 Å². The number of anilines is 1. The molecule has 2 rings (SSSR count). The zero-order chi connectivity index (χ0) is 14.9.